The number of hydrogen-bond donors (Lipinski definition) is 1. The lowest BCUT2D eigenvalue weighted by atomic mass is 10.1. The average Bonchev–Trinajstić information content (AvgIpc) is 3.09. The minimum atomic E-state index is -0.247. The number of aryl methyl sites for hydroxylation is 1. The van der Waals surface area contributed by atoms with Crippen LogP contribution in [0.2, 0.25) is 0 Å². The van der Waals surface area contributed by atoms with Gasteiger partial charge in [0.25, 0.3) is 0 Å². The van der Waals surface area contributed by atoms with Crippen molar-refractivity contribution in [3.8, 4) is 6.07 Å². The number of allylic oxidation sites excluding steroid dienone is 1. The Morgan fingerprint density at radius 3 is 2.74 bits per heavy atom. The van der Waals surface area contributed by atoms with E-state index in [2.05, 4.69) is 20.9 Å². The van der Waals surface area contributed by atoms with Crippen molar-refractivity contribution in [1.29, 1.82) is 5.26 Å². The molecule has 0 unspecified atom stereocenters. The number of nitrogens with zero attached hydrogens (tertiary/aromatic N) is 3. The molecule has 27 heavy (non-hydrogen) atoms. The van der Waals surface area contributed by atoms with Crippen LogP contribution in [0.15, 0.2) is 36.4 Å². The van der Waals surface area contributed by atoms with Crippen LogP contribution in [0, 0.1) is 24.1 Å². The summed E-state index contributed by atoms with van der Waals surface area (Å²) >= 11 is 0. The monoisotopic (exact) mass is 360 g/mol. The Bertz CT molecular complexity index is 1050. The molecule has 0 atom stereocenters. The van der Waals surface area contributed by atoms with Gasteiger partial charge in [0.2, 0.25) is 0 Å². The number of nitriles is 1. The van der Waals surface area contributed by atoms with Gasteiger partial charge in [-0.2, -0.15) is 5.26 Å². The third kappa shape index (κ3) is 3.56. The topological polar surface area (TPSA) is 55.7 Å². The smallest absolute Gasteiger partial charge is 0.149 e. The third-order valence-electron chi connectivity index (χ3n) is 4.99. The molecule has 1 aliphatic rings. The van der Waals surface area contributed by atoms with Gasteiger partial charge in [-0.05, 0) is 67.7 Å². The van der Waals surface area contributed by atoms with Crippen molar-refractivity contribution in [2.24, 2.45) is 0 Å². The largest absolute Gasteiger partial charge is 0.369 e. The van der Waals surface area contributed by atoms with E-state index in [-0.39, 0.29) is 5.82 Å². The number of hydrogen-bond acceptors (Lipinski definition) is 3. The van der Waals surface area contributed by atoms with E-state index in [1.807, 2.05) is 37.3 Å². The fraction of sp³-hybridized carbons (Fsp3) is 0.273. The fourth-order valence-electron chi connectivity index (χ4n) is 3.58. The van der Waals surface area contributed by atoms with Gasteiger partial charge in [0.05, 0.1) is 22.3 Å². The van der Waals surface area contributed by atoms with Crippen LogP contribution in [0.4, 0.5) is 10.1 Å². The van der Waals surface area contributed by atoms with Crippen molar-refractivity contribution in [2.45, 2.75) is 26.2 Å². The van der Waals surface area contributed by atoms with E-state index in [1.54, 1.807) is 6.08 Å². The Morgan fingerprint density at radius 1 is 1.19 bits per heavy atom. The van der Waals surface area contributed by atoms with Crippen LogP contribution in [0.1, 0.15) is 36.2 Å². The first kappa shape index (κ1) is 17.3. The van der Waals surface area contributed by atoms with Crippen LogP contribution in [0.25, 0.3) is 22.7 Å². The molecule has 4 rings (SSSR count). The molecule has 1 N–H and O–H groups in total. The molecule has 1 aliphatic heterocycles. The van der Waals surface area contributed by atoms with Crippen LogP contribution < -0.4 is 4.90 Å². The molecular formula is C22H21FN4. The molecule has 5 heteroatoms. The maximum Gasteiger partial charge on any atom is 0.149 e. The Labute approximate surface area is 158 Å². The van der Waals surface area contributed by atoms with E-state index >= 15 is 0 Å². The molecular weight excluding hydrogens is 339 g/mol. The second kappa shape index (κ2) is 7.24. The number of imidazole rings is 1. The maximum atomic E-state index is 14.6. The lowest BCUT2D eigenvalue weighted by Crippen LogP contribution is -2.30. The predicted octanol–water partition coefficient (Wildman–Crippen LogP) is 5.06. The second-order valence-corrected chi connectivity index (χ2v) is 7.03. The van der Waals surface area contributed by atoms with E-state index in [1.165, 1.54) is 12.5 Å². The second-order valence-electron chi connectivity index (χ2n) is 7.03. The van der Waals surface area contributed by atoms with Gasteiger partial charge >= 0.3 is 0 Å². The van der Waals surface area contributed by atoms with E-state index in [9.17, 15) is 9.65 Å². The SMILES string of the molecule is Cc1ccc2nc(/C(C#N)=C\c3ccc(N4CCCCC4)c(F)c3)[nH]c2c1. The highest BCUT2D eigenvalue weighted by molar-refractivity contribution is 5.90. The molecule has 0 bridgehead atoms. The van der Waals surface area contributed by atoms with Gasteiger partial charge in [-0.15, -0.1) is 0 Å². The van der Waals surface area contributed by atoms with Crippen molar-refractivity contribution < 1.29 is 4.39 Å². The van der Waals surface area contributed by atoms with E-state index in [0.717, 1.165) is 42.5 Å². The molecule has 1 aromatic heterocycles. The van der Waals surface area contributed by atoms with E-state index in [4.69, 9.17) is 0 Å². The van der Waals surface area contributed by atoms with Crippen LogP contribution in [-0.4, -0.2) is 23.1 Å². The van der Waals surface area contributed by atoms with Gasteiger partial charge in [-0.25, -0.2) is 9.37 Å². The minimum absolute atomic E-state index is 0.247. The van der Waals surface area contributed by atoms with Gasteiger partial charge in [0.15, 0.2) is 0 Å². The first-order valence-corrected chi connectivity index (χ1v) is 9.27. The summed E-state index contributed by atoms with van der Waals surface area (Å²) in [5, 5.41) is 9.57. The number of piperidine rings is 1. The molecule has 0 spiro atoms. The Balaban J connectivity index is 1.65. The fourth-order valence-corrected chi connectivity index (χ4v) is 3.58. The summed E-state index contributed by atoms with van der Waals surface area (Å²) in [6.07, 6.45) is 5.09. The van der Waals surface area contributed by atoms with Crippen LogP contribution in [0.5, 0.6) is 0 Å². The van der Waals surface area contributed by atoms with Gasteiger partial charge in [-0.1, -0.05) is 12.1 Å². The van der Waals surface area contributed by atoms with Crippen molar-refractivity contribution in [3.63, 3.8) is 0 Å². The van der Waals surface area contributed by atoms with Gasteiger partial charge in [0.1, 0.15) is 17.7 Å². The number of anilines is 1. The number of aromatic nitrogens is 2. The highest BCUT2D eigenvalue weighted by Gasteiger charge is 2.15. The summed E-state index contributed by atoms with van der Waals surface area (Å²) < 4.78 is 14.6. The number of halogens is 1. The summed E-state index contributed by atoms with van der Waals surface area (Å²) in [6, 6.07) is 13.2. The first-order chi connectivity index (χ1) is 13.1. The van der Waals surface area contributed by atoms with Crippen LogP contribution >= 0.6 is 0 Å². The molecule has 1 saturated heterocycles. The van der Waals surface area contributed by atoms with Crippen molar-refractivity contribution >= 4 is 28.4 Å². The van der Waals surface area contributed by atoms with Crippen molar-refractivity contribution in [1.82, 2.24) is 9.97 Å². The van der Waals surface area contributed by atoms with Gasteiger partial charge in [-0.3, -0.25) is 0 Å². The quantitative estimate of drug-likeness (QED) is 0.664. The lowest BCUT2D eigenvalue weighted by molar-refractivity contribution is 0.557. The summed E-state index contributed by atoms with van der Waals surface area (Å²) in [5.41, 5.74) is 4.50. The molecule has 0 saturated carbocycles. The molecule has 136 valence electrons. The van der Waals surface area contributed by atoms with Crippen molar-refractivity contribution in [3.05, 3.63) is 59.2 Å². The number of benzene rings is 2. The number of nitrogens with one attached hydrogen (secondary N) is 1. The normalized spacial score (nSPS) is 15.1. The molecule has 1 fully saturated rings. The maximum absolute atomic E-state index is 14.6. The first-order valence-electron chi connectivity index (χ1n) is 9.27. The number of rotatable bonds is 3. The highest BCUT2D eigenvalue weighted by Crippen LogP contribution is 2.26. The average molecular weight is 360 g/mol. The zero-order chi connectivity index (χ0) is 18.8. The predicted molar refractivity (Wildman–Crippen MR) is 107 cm³/mol. The van der Waals surface area contributed by atoms with E-state index in [0.29, 0.717) is 22.6 Å². The molecule has 4 nitrogen and oxygen atoms in total. The van der Waals surface area contributed by atoms with Gasteiger partial charge < -0.3 is 9.88 Å². The van der Waals surface area contributed by atoms with Gasteiger partial charge in [0, 0.05) is 13.1 Å². The van der Waals surface area contributed by atoms with Crippen molar-refractivity contribution in [2.75, 3.05) is 18.0 Å². The molecule has 2 aromatic carbocycles. The molecule has 2 heterocycles. The standard InChI is InChI=1S/C22H21FN4/c1-15-5-7-19-20(11-15)26-22(25-19)17(14-24)12-16-6-8-21(18(23)13-16)27-9-3-2-4-10-27/h5-8,11-13H,2-4,9-10H2,1H3,(H,25,26)/b17-12-. The molecule has 0 amide bonds. The zero-order valence-corrected chi connectivity index (χ0v) is 15.3. The number of H-pyrrole nitrogens is 1. The van der Waals surface area contributed by atoms with Crippen LogP contribution in [0.3, 0.4) is 0 Å². The Hall–Kier alpha value is -3.13. The Kier molecular flexibility index (Phi) is 4.64. The summed E-state index contributed by atoms with van der Waals surface area (Å²) in [6.45, 7) is 3.80. The molecule has 0 radical (unpaired) electrons. The highest BCUT2D eigenvalue weighted by atomic mass is 19.1. The summed E-state index contributed by atoms with van der Waals surface area (Å²) in [4.78, 5) is 9.76. The third-order valence-corrected chi connectivity index (χ3v) is 4.99. The lowest BCUT2D eigenvalue weighted by Gasteiger charge is -2.29. The number of aromatic amines is 1. The summed E-state index contributed by atoms with van der Waals surface area (Å²) in [7, 11) is 0. The Morgan fingerprint density at radius 2 is 2.00 bits per heavy atom. The minimum Gasteiger partial charge on any atom is -0.369 e. The zero-order valence-electron chi connectivity index (χ0n) is 15.3. The van der Waals surface area contributed by atoms with Crippen LogP contribution in [-0.2, 0) is 0 Å². The molecule has 0 aliphatic carbocycles. The number of fused-ring (bicyclic) bond motifs is 1. The van der Waals surface area contributed by atoms with E-state index < -0.39 is 0 Å². The molecule has 3 aromatic rings. The summed E-state index contributed by atoms with van der Waals surface area (Å²) in [5.74, 6) is 0.252.